The van der Waals surface area contributed by atoms with E-state index in [1.165, 1.54) is 11.1 Å². The fraction of sp³-hybridized carbons (Fsp3) is 0.448. The topological polar surface area (TPSA) is 70.1 Å². The standard InChI is InChI=1S/C29H36N2O4/c1-29(2,3)35-28(34)31(26-19-25(26)23-7-5-4-6-8-23)24-15-17-30(18-16-24)20-22-11-9-21(10-12-22)13-14-27(32)33/h4-14,24-26H,15-20H2,1-3H3,(H,32,33)/b14-13+/t25-,26+/m0/s1. The van der Waals surface area contributed by atoms with Crippen molar-refractivity contribution in [1.82, 2.24) is 9.80 Å². The third-order valence-electron chi connectivity index (χ3n) is 6.70. The number of nitrogens with zero attached hydrogens (tertiary/aromatic N) is 2. The number of aliphatic carboxylic acids is 1. The molecule has 2 atom stereocenters. The van der Waals surface area contributed by atoms with Crippen LogP contribution < -0.4 is 0 Å². The molecule has 0 unspecified atom stereocenters. The third-order valence-corrected chi connectivity index (χ3v) is 6.70. The highest BCUT2D eigenvalue weighted by Crippen LogP contribution is 2.46. The summed E-state index contributed by atoms with van der Waals surface area (Å²) in [6.07, 6.45) is 5.41. The number of rotatable bonds is 7. The molecule has 0 bridgehead atoms. The van der Waals surface area contributed by atoms with Crippen LogP contribution in [0.2, 0.25) is 0 Å². The molecule has 1 heterocycles. The number of ether oxygens (including phenoxy) is 1. The van der Waals surface area contributed by atoms with Gasteiger partial charge in [-0.3, -0.25) is 4.90 Å². The van der Waals surface area contributed by atoms with E-state index in [2.05, 4.69) is 41.3 Å². The van der Waals surface area contributed by atoms with Crippen LogP contribution in [0.3, 0.4) is 0 Å². The fourth-order valence-corrected chi connectivity index (χ4v) is 4.93. The van der Waals surface area contributed by atoms with Crippen molar-refractivity contribution in [3.63, 3.8) is 0 Å². The summed E-state index contributed by atoms with van der Waals surface area (Å²) in [5.41, 5.74) is 2.86. The molecule has 1 N–H and O–H groups in total. The maximum absolute atomic E-state index is 13.3. The van der Waals surface area contributed by atoms with Gasteiger partial charge in [0, 0.05) is 43.7 Å². The van der Waals surface area contributed by atoms with Gasteiger partial charge in [-0.15, -0.1) is 0 Å². The van der Waals surface area contributed by atoms with E-state index < -0.39 is 11.6 Å². The quantitative estimate of drug-likeness (QED) is 0.531. The van der Waals surface area contributed by atoms with Gasteiger partial charge in [-0.25, -0.2) is 9.59 Å². The second-order valence-electron chi connectivity index (χ2n) is 10.6. The number of carboxylic acid groups (broad SMARTS) is 1. The van der Waals surface area contributed by atoms with Crippen LogP contribution in [0.15, 0.2) is 60.7 Å². The molecule has 2 aromatic carbocycles. The number of carboxylic acids is 1. The van der Waals surface area contributed by atoms with Gasteiger partial charge in [0.25, 0.3) is 0 Å². The van der Waals surface area contributed by atoms with Gasteiger partial charge in [0.1, 0.15) is 5.60 Å². The Kier molecular flexibility index (Phi) is 7.60. The van der Waals surface area contributed by atoms with Crippen molar-refractivity contribution in [2.75, 3.05) is 13.1 Å². The number of benzene rings is 2. The summed E-state index contributed by atoms with van der Waals surface area (Å²) in [6.45, 7) is 8.47. The first-order valence-corrected chi connectivity index (χ1v) is 12.5. The summed E-state index contributed by atoms with van der Waals surface area (Å²) < 4.78 is 5.84. The van der Waals surface area contributed by atoms with Crippen molar-refractivity contribution in [1.29, 1.82) is 0 Å². The zero-order valence-corrected chi connectivity index (χ0v) is 20.9. The van der Waals surface area contributed by atoms with Crippen molar-refractivity contribution < 1.29 is 19.4 Å². The van der Waals surface area contributed by atoms with E-state index in [-0.39, 0.29) is 18.2 Å². The molecule has 4 rings (SSSR count). The number of piperidine rings is 1. The van der Waals surface area contributed by atoms with E-state index in [1.807, 2.05) is 43.9 Å². The van der Waals surface area contributed by atoms with Crippen LogP contribution in [-0.4, -0.2) is 57.7 Å². The molecule has 1 aliphatic heterocycles. The minimum Gasteiger partial charge on any atom is -0.478 e. The predicted octanol–water partition coefficient (Wildman–Crippen LogP) is 5.54. The van der Waals surface area contributed by atoms with Crippen LogP contribution >= 0.6 is 0 Å². The molecule has 35 heavy (non-hydrogen) atoms. The first kappa shape index (κ1) is 25.0. The molecule has 1 aliphatic carbocycles. The Hall–Kier alpha value is -3.12. The third kappa shape index (κ3) is 6.95. The van der Waals surface area contributed by atoms with Crippen LogP contribution in [0.1, 0.15) is 62.6 Å². The summed E-state index contributed by atoms with van der Waals surface area (Å²) in [6, 6.07) is 18.9. The van der Waals surface area contributed by atoms with E-state index in [4.69, 9.17) is 9.84 Å². The Morgan fingerprint density at radius 1 is 1.06 bits per heavy atom. The lowest BCUT2D eigenvalue weighted by atomic mass is 10.0. The Balaban J connectivity index is 1.37. The highest BCUT2D eigenvalue weighted by Gasteiger charge is 2.48. The smallest absolute Gasteiger partial charge is 0.410 e. The summed E-state index contributed by atoms with van der Waals surface area (Å²) in [5, 5.41) is 8.78. The van der Waals surface area contributed by atoms with E-state index in [0.29, 0.717) is 5.92 Å². The van der Waals surface area contributed by atoms with Crippen molar-refractivity contribution in [2.45, 2.75) is 70.2 Å². The summed E-state index contributed by atoms with van der Waals surface area (Å²) >= 11 is 0. The Morgan fingerprint density at radius 2 is 1.71 bits per heavy atom. The normalized spacial score (nSPS) is 21.1. The number of likely N-dealkylation sites (tertiary alicyclic amines) is 1. The SMILES string of the molecule is CC(C)(C)OC(=O)N(C1CCN(Cc2ccc(/C=C/C(=O)O)cc2)CC1)[C@@H]1C[C@H]1c1ccccc1. The Morgan fingerprint density at radius 3 is 2.31 bits per heavy atom. The number of amides is 1. The molecule has 0 aromatic heterocycles. The molecule has 0 radical (unpaired) electrons. The molecule has 1 amide bonds. The number of carbonyl (C=O) groups is 2. The molecule has 0 spiro atoms. The molecule has 6 heteroatoms. The van der Waals surface area contributed by atoms with E-state index in [1.54, 1.807) is 6.08 Å². The zero-order chi connectivity index (χ0) is 25.0. The largest absolute Gasteiger partial charge is 0.478 e. The maximum Gasteiger partial charge on any atom is 0.410 e. The van der Waals surface area contributed by atoms with Crippen molar-refractivity contribution in [2.24, 2.45) is 0 Å². The van der Waals surface area contributed by atoms with Crippen LogP contribution in [0.4, 0.5) is 4.79 Å². The predicted molar refractivity (Wildman–Crippen MR) is 137 cm³/mol. The summed E-state index contributed by atoms with van der Waals surface area (Å²) in [7, 11) is 0. The second-order valence-corrected chi connectivity index (χ2v) is 10.6. The lowest BCUT2D eigenvalue weighted by molar-refractivity contribution is -0.131. The molecule has 1 saturated carbocycles. The van der Waals surface area contributed by atoms with Gasteiger partial charge >= 0.3 is 12.1 Å². The zero-order valence-electron chi connectivity index (χ0n) is 20.9. The lowest BCUT2D eigenvalue weighted by Crippen LogP contribution is -2.50. The van der Waals surface area contributed by atoms with E-state index in [9.17, 15) is 9.59 Å². The average Bonchev–Trinajstić information content (AvgIpc) is 3.59. The van der Waals surface area contributed by atoms with E-state index >= 15 is 0 Å². The minimum atomic E-state index is -0.946. The number of hydrogen-bond acceptors (Lipinski definition) is 4. The highest BCUT2D eigenvalue weighted by molar-refractivity contribution is 5.85. The number of hydrogen-bond donors (Lipinski definition) is 1. The van der Waals surface area contributed by atoms with Gasteiger partial charge < -0.3 is 14.7 Å². The van der Waals surface area contributed by atoms with Crippen LogP contribution in [0, 0.1) is 0 Å². The fourth-order valence-electron chi connectivity index (χ4n) is 4.93. The van der Waals surface area contributed by atoms with Crippen molar-refractivity contribution >= 4 is 18.1 Å². The van der Waals surface area contributed by atoms with Crippen LogP contribution in [0.25, 0.3) is 6.08 Å². The van der Waals surface area contributed by atoms with Gasteiger partial charge in [-0.2, -0.15) is 0 Å². The molecule has 2 aliphatic rings. The first-order chi connectivity index (χ1) is 16.7. The monoisotopic (exact) mass is 476 g/mol. The highest BCUT2D eigenvalue weighted by atomic mass is 16.6. The van der Waals surface area contributed by atoms with Gasteiger partial charge in [-0.1, -0.05) is 54.6 Å². The lowest BCUT2D eigenvalue weighted by Gasteiger charge is -2.39. The van der Waals surface area contributed by atoms with Crippen LogP contribution in [0.5, 0.6) is 0 Å². The Labute approximate surface area is 208 Å². The maximum atomic E-state index is 13.3. The molecule has 186 valence electrons. The van der Waals surface area contributed by atoms with Gasteiger partial charge in [0.05, 0.1) is 0 Å². The Bertz CT molecular complexity index is 1030. The molecule has 1 saturated heterocycles. The van der Waals surface area contributed by atoms with E-state index in [0.717, 1.165) is 50.5 Å². The van der Waals surface area contributed by atoms with Gasteiger partial charge in [0.15, 0.2) is 0 Å². The van der Waals surface area contributed by atoms with Crippen LogP contribution in [-0.2, 0) is 16.1 Å². The average molecular weight is 477 g/mol. The molecule has 6 nitrogen and oxygen atoms in total. The molecular weight excluding hydrogens is 440 g/mol. The minimum absolute atomic E-state index is 0.184. The first-order valence-electron chi connectivity index (χ1n) is 12.5. The molecular formula is C29H36N2O4. The second kappa shape index (κ2) is 10.6. The summed E-state index contributed by atoms with van der Waals surface area (Å²) in [4.78, 5) is 28.4. The summed E-state index contributed by atoms with van der Waals surface area (Å²) in [5.74, 6) is -0.561. The van der Waals surface area contributed by atoms with Crippen molar-refractivity contribution in [3.05, 3.63) is 77.4 Å². The molecule has 2 fully saturated rings. The van der Waals surface area contributed by atoms with Gasteiger partial charge in [0.2, 0.25) is 0 Å². The molecule has 2 aromatic rings. The number of carbonyl (C=O) groups excluding carboxylic acids is 1. The van der Waals surface area contributed by atoms with Gasteiger partial charge in [-0.05, 0) is 62.8 Å². The van der Waals surface area contributed by atoms with Crippen molar-refractivity contribution in [3.8, 4) is 0 Å².